The first-order valence-corrected chi connectivity index (χ1v) is 9.77. The van der Waals surface area contributed by atoms with E-state index in [-0.39, 0.29) is 27.5 Å². The van der Waals surface area contributed by atoms with Crippen LogP contribution in [0.1, 0.15) is 23.0 Å². The van der Waals surface area contributed by atoms with E-state index in [4.69, 9.17) is 28.6 Å². The summed E-state index contributed by atoms with van der Waals surface area (Å²) < 4.78 is 45.5. The Hall–Kier alpha value is -2.17. The number of carbonyl (C=O) groups is 1. The topological polar surface area (TPSA) is 81.1 Å². The van der Waals surface area contributed by atoms with E-state index in [1.165, 1.54) is 23.5 Å². The molecule has 1 aliphatic heterocycles. The summed E-state index contributed by atoms with van der Waals surface area (Å²) in [6.45, 7) is 1.44. The largest absolute Gasteiger partial charge is 0.345 e. The van der Waals surface area contributed by atoms with Gasteiger partial charge in [0.05, 0.1) is 26.8 Å². The number of halogens is 5. The van der Waals surface area contributed by atoms with Crippen LogP contribution in [0.5, 0.6) is 0 Å². The van der Waals surface area contributed by atoms with Crippen LogP contribution in [0.3, 0.4) is 0 Å². The fourth-order valence-electron chi connectivity index (χ4n) is 2.74. The van der Waals surface area contributed by atoms with Gasteiger partial charge in [-0.15, -0.1) is 0 Å². The second-order valence-electron chi connectivity index (χ2n) is 6.42. The van der Waals surface area contributed by atoms with Gasteiger partial charge in [-0.2, -0.15) is 0 Å². The Kier molecular flexibility index (Phi) is 5.88. The summed E-state index contributed by atoms with van der Waals surface area (Å²) in [7, 11) is 1.60. The van der Waals surface area contributed by atoms with Crippen LogP contribution in [-0.4, -0.2) is 34.0 Å². The second kappa shape index (κ2) is 7.92. The summed E-state index contributed by atoms with van der Waals surface area (Å²) in [5.74, 6) is -4.85. The minimum atomic E-state index is -1.43. The van der Waals surface area contributed by atoms with Crippen molar-refractivity contribution in [2.45, 2.75) is 12.5 Å². The first-order valence-electron chi connectivity index (χ1n) is 8.07. The zero-order valence-corrected chi connectivity index (χ0v) is 17.4. The Bertz CT molecular complexity index is 1030. The first-order chi connectivity index (χ1) is 13.5. The maximum Gasteiger partial charge on any atom is 0.275 e. The van der Waals surface area contributed by atoms with Gasteiger partial charge in [-0.05, 0) is 24.9 Å². The standard InChI is InChI=1S/C17H14Cl2F3N5OS/c1-17(6-29-27(2)16(23)26-17)11-12(21)9(20)4-10(13(11)22)25-15(28)14-8(19)3-7(18)5-24-14/h3-5H,6H2,1-2H3,(H2,23,26)(H,25,28)/t17-/m0/s1. The molecule has 0 aliphatic carbocycles. The van der Waals surface area contributed by atoms with Gasteiger partial charge in [0.2, 0.25) is 5.96 Å². The summed E-state index contributed by atoms with van der Waals surface area (Å²) in [5, 5.41) is 12.8. The van der Waals surface area contributed by atoms with Crippen LogP contribution in [0.4, 0.5) is 18.9 Å². The Morgan fingerprint density at radius 2 is 2.03 bits per heavy atom. The summed E-state index contributed by atoms with van der Waals surface area (Å²) in [6, 6.07) is 1.80. The Morgan fingerprint density at radius 3 is 2.66 bits per heavy atom. The number of pyridine rings is 1. The van der Waals surface area contributed by atoms with Gasteiger partial charge in [0.1, 0.15) is 5.69 Å². The van der Waals surface area contributed by atoms with Crippen molar-refractivity contribution in [3.05, 3.63) is 57.1 Å². The molecule has 0 bridgehead atoms. The third-order valence-electron chi connectivity index (χ3n) is 4.24. The predicted molar refractivity (Wildman–Crippen MR) is 107 cm³/mol. The Balaban J connectivity index is 2.01. The number of hydrogen-bond donors (Lipinski definition) is 3. The van der Waals surface area contributed by atoms with E-state index in [0.717, 1.165) is 11.9 Å². The minimum absolute atomic E-state index is 0.0907. The van der Waals surface area contributed by atoms with E-state index in [9.17, 15) is 13.6 Å². The molecule has 0 radical (unpaired) electrons. The van der Waals surface area contributed by atoms with Crippen molar-refractivity contribution < 1.29 is 18.0 Å². The van der Waals surface area contributed by atoms with Crippen molar-refractivity contribution in [2.24, 2.45) is 0 Å². The highest BCUT2D eigenvalue weighted by Gasteiger charge is 2.40. The zero-order chi connectivity index (χ0) is 21.5. The molecule has 1 saturated heterocycles. The monoisotopic (exact) mass is 463 g/mol. The number of anilines is 1. The van der Waals surface area contributed by atoms with Gasteiger partial charge >= 0.3 is 0 Å². The van der Waals surface area contributed by atoms with Crippen LogP contribution in [0.15, 0.2) is 18.3 Å². The fourth-order valence-corrected chi connectivity index (χ4v) is 4.05. The van der Waals surface area contributed by atoms with Crippen LogP contribution in [0, 0.1) is 22.9 Å². The van der Waals surface area contributed by atoms with E-state index < -0.39 is 40.1 Å². The van der Waals surface area contributed by atoms with Crippen molar-refractivity contribution in [3.63, 3.8) is 0 Å². The number of benzene rings is 1. The van der Waals surface area contributed by atoms with Gasteiger partial charge in [-0.1, -0.05) is 23.2 Å². The number of nitrogens with one attached hydrogen (secondary N) is 3. The molecule has 1 amide bonds. The summed E-state index contributed by atoms with van der Waals surface area (Å²) in [6.07, 6.45) is 1.17. The first kappa shape index (κ1) is 21.5. The molecule has 3 N–H and O–H groups in total. The average molecular weight is 464 g/mol. The molecule has 1 fully saturated rings. The lowest BCUT2D eigenvalue weighted by Gasteiger charge is -2.40. The number of guanidine groups is 1. The molecular formula is C17H14Cl2F3N5OS. The Morgan fingerprint density at radius 1 is 1.34 bits per heavy atom. The van der Waals surface area contributed by atoms with E-state index in [1.54, 1.807) is 7.05 Å². The van der Waals surface area contributed by atoms with Gasteiger partial charge in [-0.3, -0.25) is 14.5 Å². The Labute approximate surface area is 178 Å². The van der Waals surface area contributed by atoms with Crippen molar-refractivity contribution in [3.8, 4) is 0 Å². The van der Waals surface area contributed by atoms with Gasteiger partial charge in [0, 0.05) is 25.1 Å². The van der Waals surface area contributed by atoms with Crippen molar-refractivity contribution in [2.75, 3.05) is 18.1 Å². The number of rotatable bonds is 3. The molecule has 2 aromatic rings. The fraction of sp³-hybridized carbons (Fsp3) is 0.235. The van der Waals surface area contributed by atoms with Gasteiger partial charge in [0.15, 0.2) is 17.5 Å². The predicted octanol–water partition coefficient (Wildman–Crippen LogP) is 4.39. The molecule has 12 heteroatoms. The van der Waals surface area contributed by atoms with Crippen molar-refractivity contribution in [1.82, 2.24) is 14.6 Å². The number of carbonyl (C=O) groups excluding carboxylic acids is 1. The van der Waals surface area contributed by atoms with E-state index in [0.29, 0.717) is 6.07 Å². The maximum atomic E-state index is 15.2. The molecule has 3 rings (SSSR count). The van der Waals surface area contributed by atoms with Crippen molar-refractivity contribution >= 4 is 52.7 Å². The lowest BCUT2D eigenvalue weighted by atomic mass is 9.91. The lowest BCUT2D eigenvalue weighted by molar-refractivity contribution is 0.102. The van der Waals surface area contributed by atoms with E-state index in [2.05, 4.69) is 15.6 Å². The molecule has 1 atom stereocenters. The van der Waals surface area contributed by atoms with Crippen molar-refractivity contribution in [1.29, 1.82) is 5.41 Å². The third kappa shape index (κ3) is 4.10. The van der Waals surface area contributed by atoms with Crippen LogP contribution in [0.2, 0.25) is 10.0 Å². The highest BCUT2D eigenvalue weighted by Crippen LogP contribution is 2.37. The number of aromatic nitrogens is 1. The van der Waals surface area contributed by atoms with Gasteiger partial charge in [0.25, 0.3) is 5.91 Å². The molecule has 6 nitrogen and oxygen atoms in total. The molecule has 0 saturated carbocycles. The van der Waals surface area contributed by atoms with Crippen LogP contribution < -0.4 is 10.6 Å². The smallest absolute Gasteiger partial charge is 0.275 e. The molecular weight excluding hydrogens is 450 g/mol. The number of amides is 1. The number of hydrogen-bond acceptors (Lipinski definition) is 4. The zero-order valence-electron chi connectivity index (χ0n) is 15.0. The maximum absolute atomic E-state index is 15.2. The third-order valence-corrected chi connectivity index (χ3v) is 6.01. The van der Waals surface area contributed by atoms with Crippen LogP contribution >= 0.6 is 35.1 Å². The second-order valence-corrected chi connectivity index (χ2v) is 8.36. The molecule has 2 heterocycles. The molecule has 154 valence electrons. The average Bonchev–Trinajstić information content (AvgIpc) is 2.63. The van der Waals surface area contributed by atoms with Crippen LogP contribution in [-0.2, 0) is 5.54 Å². The van der Waals surface area contributed by atoms with Gasteiger partial charge < -0.3 is 10.6 Å². The highest BCUT2D eigenvalue weighted by molar-refractivity contribution is 7.97. The number of nitrogens with zero attached hydrogens (tertiary/aromatic N) is 2. The SMILES string of the molecule is CN1SC[C@@](C)(c2c(F)c(F)cc(NC(=O)c3ncc(Cl)cc3Cl)c2F)NC1=N. The van der Waals surface area contributed by atoms with Gasteiger partial charge in [-0.25, -0.2) is 18.2 Å². The molecule has 1 aromatic heterocycles. The van der Waals surface area contributed by atoms with E-state index >= 15 is 4.39 Å². The molecule has 29 heavy (non-hydrogen) atoms. The highest BCUT2D eigenvalue weighted by atomic mass is 35.5. The molecule has 1 aromatic carbocycles. The normalized spacial score (nSPS) is 19.1. The molecule has 1 aliphatic rings. The molecule has 0 unspecified atom stereocenters. The molecule has 0 spiro atoms. The minimum Gasteiger partial charge on any atom is -0.345 e. The summed E-state index contributed by atoms with van der Waals surface area (Å²) in [4.78, 5) is 16.2. The van der Waals surface area contributed by atoms with E-state index in [1.807, 2.05) is 0 Å². The lowest BCUT2D eigenvalue weighted by Crippen LogP contribution is -2.54. The summed E-state index contributed by atoms with van der Waals surface area (Å²) >= 11 is 12.8. The quantitative estimate of drug-likeness (QED) is 0.464. The van der Waals surface area contributed by atoms with Crippen LogP contribution in [0.25, 0.3) is 0 Å². The summed E-state index contributed by atoms with van der Waals surface area (Å²) in [5.41, 5.74) is -2.91.